The zero-order chi connectivity index (χ0) is 24.6. The predicted molar refractivity (Wildman–Crippen MR) is 132 cm³/mol. The van der Waals surface area contributed by atoms with Crippen molar-refractivity contribution in [3.05, 3.63) is 54.0 Å². The third-order valence-electron chi connectivity index (χ3n) is 6.12. The summed E-state index contributed by atoms with van der Waals surface area (Å²) in [6.45, 7) is 7.85. The second kappa shape index (κ2) is 9.42. The molecule has 0 spiro atoms. The third kappa shape index (κ3) is 4.75. The Balaban J connectivity index is 1.66. The molecule has 1 saturated carbocycles. The lowest BCUT2D eigenvalue weighted by Gasteiger charge is -2.23. The lowest BCUT2D eigenvalue weighted by atomic mass is 10.0. The van der Waals surface area contributed by atoms with Gasteiger partial charge in [-0.05, 0) is 43.5 Å². The molecule has 34 heavy (non-hydrogen) atoms. The van der Waals surface area contributed by atoms with Gasteiger partial charge in [0.2, 0.25) is 0 Å². The molecule has 2 aromatic heterocycles. The van der Waals surface area contributed by atoms with Crippen LogP contribution in [0, 0.1) is 5.92 Å². The maximum Gasteiger partial charge on any atom is 0.251 e. The number of rotatable bonds is 9. The molecular weight excluding hydrogens is 435 g/mol. The van der Waals surface area contributed by atoms with E-state index in [9.17, 15) is 14.3 Å². The average molecular weight is 467 g/mol. The Morgan fingerprint density at radius 2 is 2.15 bits per heavy atom. The molecule has 180 valence electrons. The van der Waals surface area contributed by atoms with Gasteiger partial charge in [0.15, 0.2) is 5.82 Å². The number of alkyl halides is 1. The average Bonchev–Trinajstić information content (AvgIpc) is 3.45. The topological polar surface area (TPSA) is 95.3 Å². The first kappa shape index (κ1) is 23.7. The van der Waals surface area contributed by atoms with E-state index >= 15 is 0 Å². The zero-order valence-corrected chi connectivity index (χ0v) is 20.0. The zero-order valence-electron chi connectivity index (χ0n) is 20.0. The van der Waals surface area contributed by atoms with Gasteiger partial charge in [-0.2, -0.15) is 0 Å². The van der Waals surface area contributed by atoms with E-state index in [1.54, 1.807) is 19.3 Å². The summed E-state index contributed by atoms with van der Waals surface area (Å²) in [5.74, 6) is 0.799. The molecule has 1 aromatic carbocycles. The summed E-state index contributed by atoms with van der Waals surface area (Å²) < 4.78 is 15.5. The number of benzene rings is 1. The largest absolute Gasteiger partial charge is 0.392 e. The molecule has 1 aliphatic carbocycles. The van der Waals surface area contributed by atoms with Crippen molar-refractivity contribution in [3.63, 3.8) is 0 Å². The highest BCUT2D eigenvalue weighted by atomic mass is 19.1. The summed E-state index contributed by atoms with van der Waals surface area (Å²) in [7, 11) is 3.83. The number of aliphatic hydroxyl groups excluding tert-OH is 1. The van der Waals surface area contributed by atoms with Crippen molar-refractivity contribution in [2.24, 2.45) is 13.0 Å². The number of allylic oxidation sites excluding steroid dienone is 1. The van der Waals surface area contributed by atoms with E-state index in [0.717, 1.165) is 16.8 Å². The van der Waals surface area contributed by atoms with E-state index in [4.69, 9.17) is 4.98 Å². The van der Waals surface area contributed by atoms with Crippen molar-refractivity contribution >= 4 is 34.3 Å². The molecular formula is C25H31FN6O2. The number of imidazole rings is 1. The molecule has 3 N–H and O–H groups in total. The fourth-order valence-corrected chi connectivity index (χ4v) is 3.95. The number of carbonyl (C=O) groups excluding carboxylic acids is 1. The second-order valence-corrected chi connectivity index (χ2v) is 8.88. The van der Waals surface area contributed by atoms with E-state index in [-0.39, 0.29) is 18.4 Å². The van der Waals surface area contributed by atoms with E-state index in [1.807, 2.05) is 48.7 Å². The van der Waals surface area contributed by atoms with Crippen LogP contribution in [-0.2, 0) is 13.5 Å². The number of hydrogen-bond acceptors (Lipinski definition) is 6. The third-order valence-corrected chi connectivity index (χ3v) is 6.12. The lowest BCUT2D eigenvalue weighted by Crippen LogP contribution is -2.30. The van der Waals surface area contributed by atoms with Crippen molar-refractivity contribution in [1.29, 1.82) is 0 Å². The molecule has 3 aromatic rings. The van der Waals surface area contributed by atoms with E-state index in [2.05, 4.69) is 22.2 Å². The summed E-state index contributed by atoms with van der Waals surface area (Å²) >= 11 is 0. The minimum absolute atomic E-state index is 0.193. The van der Waals surface area contributed by atoms with Gasteiger partial charge < -0.3 is 25.2 Å². The fraction of sp³-hybridized carbons (Fsp3) is 0.400. The van der Waals surface area contributed by atoms with Crippen molar-refractivity contribution in [1.82, 2.24) is 19.9 Å². The molecule has 3 atom stereocenters. The summed E-state index contributed by atoms with van der Waals surface area (Å²) in [6.07, 6.45) is 1.45. The van der Waals surface area contributed by atoms with Gasteiger partial charge >= 0.3 is 0 Å². The number of carbonyl (C=O) groups is 1. The van der Waals surface area contributed by atoms with E-state index < -0.39 is 12.3 Å². The van der Waals surface area contributed by atoms with Gasteiger partial charge in [0.25, 0.3) is 5.91 Å². The number of pyridine rings is 1. The van der Waals surface area contributed by atoms with Crippen molar-refractivity contribution in [2.45, 2.75) is 39.0 Å². The lowest BCUT2D eigenvalue weighted by molar-refractivity contribution is 0.0924. The first-order valence-electron chi connectivity index (χ1n) is 11.4. The van der Waals surface area contributed by atoms with Crippen LogP contribution in [-0.4, -0.2) is 51.4 Å². The Bertz CT molecular complexity index is 1240. The van der Waals surface area contributed by atoms with Gasteiger partial charge in [0.1, 0.15) is 17.5 Å². The van der Waals surface area contributed by atoms with Crippen LogP contribution >= 0.6 is 0 Å². The van der Waals surface area contributed by atoms with Gasteiger partial charge in [-0.15, -0.1) is 0 Å². The van der Waals surface area contributed by atoms with Crippen LogP contribution in [0.2, 0.25) is 0 Å². The van der Waals surface area contributed by atoms with Crippen molar-refractivity contribution in [3.8, 4) is 0 Å². The maximum absolute atomic E-state index is 13.5. The summed E-state index contributed by atoms with van der Waals surface area (Å²) in [6, 6.07) is 7.48. The molecule has 0 aliphatic heterocycles. The highest BCUT2D eigenvalue weighted by Crippen LogP contribution is 2.40. The maximum atomic E-state index is 13.5. The van der Waals surface area contributed by atoms with Crippen LogP contribution in [0.3, 0.4) is 0 Å². The number of aromatic nitrogens is 3. The first-order valence-corrected chi connectivity index (χ1v) is 11.4. The van der Waals surface area contributed by atoms with Gasteiger partial charge in [-0.25, -0.2) is 14.4 Å². The molecule has 0 radical (unpaired) electrons. The van der Waals surface area contributed by atoms with Gasteiger partial charge in [0.05, 0.1) is 17.9 Å². The van der Waals surface area contributed by atoms with Crippen LogP contribution in [0.4, 0.5) is 21.7 Å². The fourth-order valence-electron chi connectivity index (χ4n) is 3.95. The molecule has 0 bridgehead atoms. The van der Waals surface area contributed by atoms with E-state index in [1.165, 1.54) is 0 Å². The number of aryl methyl sites for hydroxylation is 2. The Labute approximate surface area is 198 Å². The van der Waals surface area contributed by atoms with Gasteiger partial charge in [0, 0.05) is 49.6 Å². The van der Waals surface area contributed by atoms with Crippen LogP contribution in [0.25, 0.3) is 11.0 Å². The molecule has 1 amide bonds. The minimum Gasteiger partial charge on any atom is -0.392 e. The first-order chi connectivity index (χ1) is 16.2. The highest BCUT2D eigenvalue weighted by Gasteiger charge is 2.40. The van der Waals surface area contributed by atoms with Crippen LogP contribution in [0.1, 0.15) is 36.2 Å². The number of anilines is 3. The summed E-state index contributed by atoms with van der Waals surface area (Å²) in [4.78, 5) is 23.7. The number of aliphatic hydroxyl groups is 1. The molecule has 8 nitrogen and oxygen atoms in total. The molecule has 0 unspecified atom stereocenters. The number of nitrogens with zero attached hydrogens (tertiary/aromatic N) is 4. The number of amides is 1. The van der Waals surface area contributed by atoms with Crippen molar-refractivity contribution in [2.75, 3.05) is 23.8 Å². The van der Waals surface area contributed by atoms with Gasteiger partial charge in [-0.1, -0.05) is 13.5 Å². The number of nitrogens with one attached hydrogen (secondary N) is 2. The molecule has 2 heterocycles. The van der Waals surface area contributed by atoms with Gasteiger partial charge in [-0.3, -0.25) is 4.79 Å². The number of fused-ring (bicyclic) bond motifs is 1. The quantitative estimate of drug-likeness (QED) is 0.445. The second-order valence-electron chi connectivity index (χ2n) is 8.88. The standard InChI is InChI=1S/C25H31FN6O2/c1-6-16-9-17(25(34)27-12-14(2)33)7-8-20(16)32(5)22-11-21-23(28-13-31(21)4)24(30-22)29-15(3)18-10-19(18)26/h7-9,11,13-14,18-19,33H,3,6,10,12H2,1-2,4-5H3,(H,27,34)(H,29,30)/t14-,18-,19-/m1/s1. The summed E-state index contributed by atoms with van der Waals surface area (Å²) in [5.41, 5.74) is 4.61. The number of hydrogen-bond donors (Lipinski definition) is 3. The number of halogens is 1. The minimum atomic E-state index is -0.853. The summed E-state index contributed by atoms with van der Waals surface area (Å²) in [5, 5.41) is 15.4. The monoisotopic (exact) mass is 466 g/mol. The normalized spacial score (nSPS) is 17.9. The Morgan fingerprint density at radius 3 is 2.79 bits per heavy atom. The molecule has 1 fully saturated rings. The van der Waals surface area contributed by atoms with E-state index in [0.29, 0.717) is 41.3 Å². The van der Waals surface area contributed by atoms with Crippen LogP contribution in [0.15, 0.2) is 42.9 Å². The van der Waals surface area contributed by atoms with Crippen LogP contribution in [0.5, 0.6) is 0 Å². The Morgan fingerprint density at radius 1 is 1.41 bits per heavy atom. The molecule has 9 heteroatoms. The van der Waals surface area contributed by atoms with Crippen LogP contribution < -0.4 is 15.5 Å². The smallest absolute Gasteiger partial charge is 0.251 e. The Kier molecular flexibility index (Phi) is 6.56. The predicted octanol–water partition coefficient (Wildman–Crippen LogP) is 3.69. The van der Waals surface area contributed by atoms with Crippen molar-refractivity contribution < 1.29 is 14.3 Å². The molecule has 1 aliphatic rings. The SMILES string of the molecule is C=C(Nc1nc(N(C)c2ccc(C(=O)NC[C@@H](C)O)cc2CC)cc2c1ncn2C)[C@H]1C[C@H]1F. The molecule has 0 saturated heterocycles. The Hall–Kier alpha value is -3.46. The highest BCUT2D eigenvalue weighted by molar-refractivity contribution is 5.95. The molecule has 4 rings (SSSR count).